The topological polar surface area (TPSA) is 95.7 Å². The summed E-state index contributed by atoms with van der Waals surface area (Å²) in [6.45, 7) is 4.11. The molecule has 0 atom stereocenters. The molecule has 3 N–H and O–H groups in total. The van der Waals surface area contributed by atoms with E-state index in [0.717, 1.165) is 31.4 Å². The predicted octanol–water partition coefficient (Wildman–Crippen LogP) is 0.833. The van der Waals surface area contributed by atoms with Crippen molar-refractivity contribution in [2.45, 2.75) is 44.7 Å². The van der Waals surface area contributed by atoms with Crippen LogP contribution in [-0.4, -0.2) is 62.6 Å². The number of carbonyl (C=O) groups is 1. The van der Waals surface area contributed by atoms with Gasteiger partial charge in [0.2, 0.25) is 15.9 Å². The Morgan fingerprint density at radius 2 is 1.81 bits per heavy atom. The number of anilines is 1. The zero-order chi connectivity index (χ0) is 19.4. The number of sulfonamides is 1. The van der Waals surface area contributed by atoms with Gasteiger partial charge in [-0.25, -0.2) is 8.42 Å². The molecule has 0 aromatic heterocycles. The summed E-state index contributed by atoms with van der Waals surface area (Å²) in [5.41, 5.74) is 8.16. The van der Waals surface area contributed by atoms with Gasteiger partial charge < -0.3 is 16.0 Å². The molecule has 1 saturated carbocycles. The van der Waals surface area contributed by atoms with E-state index >= 15 is 0 Å². The van der Waals surface area contributed by atoms with Crippen LogP contribution in [-0.2, 0) is 14.8 Å². The van der Waals surface area contributed by atoms with Gasteiger partial charge in [0.05, 0.1) is 0 Å². The first-order valence-corrected chi connectivity index (χ1v) is 11.3. The van der Waals surface area contributed by atoms with Gasteiger partial charge in [-0.3, -0.25) is 4.79 Å². The quantitative estimate of drug-likeness (QED) is 0.771. The molecule has 1 saturated heterocycles. The molecule has 1 aliphatic heterocycles. The number of amides is 1. The van der Waals surface area contributed by atoms with E-state index in [0.29, 0.717) is 26.2 Å². The maximum atomic E-state index is 12.6. The molecule has 2 fully saturated rings. The molecule has 0 bridgehead atoms. The molecule has 1 amide bonds. The fourth-order valence-electron chi connectivity index (χ4n) is 3.84. The Labute approximate surface area is 161 Å². The third-order valence-electron chi connectivity index (χ3n) is 5.45. The molecular formula is C19H30N4O3S. The number of hydrogen-bond donors (Lipinski definition) is 2. The Kier molecular flexibility index (Phi) is 6.39. The number of rotatable bonds is 5. The van der Waals surface area contributed by atoms with Crippen molar-refractivity contribution in [1.29, 1.82) is 0 Å². The second kappa shape index (κ2) is 8.58. The zero-order valence-corrected chi connectivity index (χ0v) is 16.7. The summed E-state index contributed by atoms with van der Waals surface area (Å²) in [5.74, 6) is -0.878. The van der Waals surface area contributed by atoms with Crippen molar-refractivity contribution in [1.82, 2.24) is 9.62 Å². The van der Waals surface area contributed by atoms with Crippen molar-refractivity contribution >= 4 is 21.6 Å². The van der Waals surface area contributed by atoms with E-state index in [4.69, 9.17) is 5.73 Å². The Balaban J connectivity index is 1.50. The first-order valence-electron chi connectivity index (χ1n) is 9.68. The van der Waals surface area contributed by atoms with Crippen molar-refractivity contribution in [3.8, 4) is 0 Å². The van der Waals surface area contributed by atoms with Crippen molar-refractivity contribution < 1.29 is 13.2 Å². The Morgan fingerprint density at radius 3 is 2.44 bits per heavy atom. The number of carbonyl (C=O) groups excluding carboxylic acids is 1. The van der Waals surface area contributed by atoms with Crippen LogP contribution < -0.4 is 16.0 Å². The minimum atomic E-state index is -3.59. The van der Waals surface area contributed by atoms with Gasteiger partial charge in [0.25, 0.3) is 0 Å². The van der Waals surface area contributed by atoms with E-state index in [-0.39, 0.29) is 12.1 Å². The second-order valence-electron chi connectivity index (χ2n) is 7.66. The Morgan fingerprint density at radius 1 is 1.15 bits per heavy atom. The summed E-state index contributed by atoms with van der Waals surface area (Å²) in [5, 5.41) is 2.86. The summed E-state index contributed by atoms with van der Waals surface area (Å²) < 4.78 is 26.7. The molecule has 0 spiro atoms. The normalized spacial score (nSPS) is 24.6. The van der Waals surface area contributed by atoms with Gasteiger partial charge >= 0.3 is 0 Å². The van der Waals surface area contributed by atoms with Crippen LogP contribution in [0.2, 0.25) is 0 Å². The second-order valence-corrected chi connectivity index (χ2v) is 9.63. The SMILES string of the molecule is Cc1cccc(N2CCN(S(=O)(=O)CC(=O)NC3CCC(N)CC3)CC2)c1. The predicted molar refractivity (Wildman–Crippen MR) is 107 cm³/mol. The highest BCUT2D eigenvalue weighted by Gasteiger charge is 2.30. The van der Waals surface area contributed by atoms with Crippen molar-refractivity contribution in [3.05, 3.63) is 29.8 Å². The van der Waals surface area contributed by atoms with Crippen LogP contribution in [0.25, 0.3) is 0 Å². The molecule has 150 valence electrons. The average Bonchev–Trinajstić information content (AvgIpc) is 2.63. The summed E-state index contributed by atoms with van der Waals surface area (Å²) in [4.78, 5) is 14.4. The molecule has 1 aromatic carbocycles. The number of nitrogens with zero attached hydrogens (tertiary/aromatic N) is 2. The lowest BCUT2D eigenvalue weighted by Gasteiger charge is -2.35. The minimum absolute atomic E-state index is 0.0469. The Hall–Kier alpha value is -1.64. The molecule has 0 unspecified atom stereocenters. The van der Waals surface area contributed by atoms with Gasteiger partial charge in [-0.2, -0.15) is 4.31 Å². The van der Waals surface area contributed by atoms with Gasteiger partial charge in [-0.15, -0.1) is 0 Å². The van der Waals surface area contributed by atoms with Crippen molar-refractivity contribution in [2.75, 3.05) is 36.8 Å². The summed E-state index contributed by atoms with van der Waals surface area (Å²) in [6.07, 6.45) is 3.39. The first-order chi connectivity index (χ1) is 12.8. The molecule has 3 rings (SSSR count). The molecule has 1 aromatic rings. The largest absolute Gasteiger partial charge is 0.369 e. The molecule has 27 heavy (non-hydrogen) atoms. The molecular weight excluding hydrogens is 364 g/mol. The van der Waals surface area contributed by atoms with E-state index in [9.17, 15) is 13.2 Å². The zero-order valence-electron chi connectivity index (χ0n) is 15.9. The summed E-state index contributed by atoms with van der Waals surface area (Å²) in [7, 11) is -3.59. The molecule has 0 radical (unpaired) electrons. The van der Waals surface area contributed by atoms with Crippen LogP contribution in [0, 0.1) is 6.92 Å². The number of aryl methyl sites for hydroxylation is 1. The third kappa shape index (κ3) is 5.43. The van der Waals surface area contributed by atoms with Crippen LogP contribution in [0.4, 0.5) is 5.69 Å². The van der Waals surface area contributed by atoms with Crippen LogP contribution in [0.15, 0.2) is 24.3 Å². The highest BCUT2D eigenvalue weighted by atomic mass is 32.2. The summed E-state index contributed by atoms with van der Waals surface area (Å²) in [6, 6.07) is 8.45. The highest BCUT2D eigenvalue weighted by Crippen LogP contribution is 2.20. The van der Waals surface area contributed by atoms with Crippen LogP contribution >= 0.6 is 0 Å². The third-order valence-corrected chi connectivity index (χ3v) is 7.23. The lowest BCUT2D eigenvalue weighted by atomic mass is 9.92. The number of hydrogen-bond acceptors (Lipinski definition) is 5. The molecule has 8 heteroatoms. The van der Waals surface area contributed by atoms with Gasteiger partial charge in [-0.1, -0.05) is 12.1 Å². The number of piperazine rings is 1. The fourth-order valence-corrected chi connectivity index (χ4v) is 5.16. The number of benzene rings is 1. The van der Waals surface area contributed by atoms with E-state index in [1.807, 2.05) is 25.1 Å². The standard InChI is InChI=1S/C19H30N4O3S/c1-15-3-2-4-18(13-15)22-9-11-23(12-10-22)27(25,26)14-19(24)21-17-7-5-16(20)6-8-17/h2-4,13,16-17H,5-12,14,20H2,1H3,(H,21,24). The molecule has 1 aliphatic carbocycles. The van der Waals surface area contributed by atoms with Gasteiger partial charge in [0.1, 0.15) is 5.75 Å². The smallest absolute Gasteiger partial charge is 0.236 e. The van der Waals surface area contributed by atoms with Crippen LogP contribution in [0.5, 0.6) is 0 Å². The number of nitrogens with one attached hydrogen (secondary N) is 1. The number of nitrogens with two attached hydrogens (primary N) is 1. The lowest BCUT2D eigenvalue weighted by molar-refractivity contribution is -0.119. The monoisotopic (exact) mass is 394 g/mol. The van der Waals surface area contributed by atoms with Gasteiger partial charge in [-0.05, 0) is 50.3 Å². The maximum Gasteiger partial charge on any atom is 0.236 e. The molecule has 2 aliphatic rings. The van der Waals surface area contributed by atoms with Crippen LogP contribution in [0.3, 0.4) is 0 Å². The minimum Gasteiger partial charge on any atom is -0.369 e. The van der Waals surface area contributed by atoms with Gasteiger partial charge in [0, 0.05) is 44.0 Å². The van der Waals surface area contributed by atoms with E-state index in [2.05, 4.69) is 16.3 Å². The van der Waals surface area contributed by atoms with Gasteiger partial charge in [0.15, 0.2) is 0 Å². The Bertz CT molecular complexity index is 752. The van der Waals surface area contributed by atoms with Crippen molar-refractivity contribution in [2.24, 2.45) is 5.73 Å². The fraction of sp³-hybridized carbons (Fsp3) is 0.632. The van der Waals surface area contributed by atoms with E-state index in [1.54, 1.807) is 0 Å². The first kappa shape index (κ1) is 20.1. The lowest BCUT2D eigenvalue weighted by Crippen LogP contribution is -2.51. The average molecular weight is 395 g/mol. The maximum absolute atomic E-state index is 12.6. The van der Waals surface area contributed by atoms with E-state index < -0.39 is 21.7 Å². The van der Waals surface area contributed by atoms with Crippen molar-refractivity contribution in [3.63, 3.8) is 0 Å². The molecule has 7 nitrogen and oxygen atoms in total. The molecule has 1 heterocycles. The van der Waals surface area contributed by atoms with E-state index in [1.165, 1.54) is 9.87 Å². The summed E-state index contributed by atoms with van der Waals surface area (Å²) >= 11 is 0. The highest BCUT2D eigenvalue weighted by molar-refractivity contribution is 7.89. The van der Waals surface area contributed by atoms with Crippen LogP contribution in [0.1, 0.15) is 31.2 Å².